The number of nitrogens with one attached hydrogen (secondary N) is 1. The van der Waals surface area contributed by atoms with E-state index in [1.165, 1.54) is 17.5 Å². The topological polar surface area (TPSA) is 55.1 Å². The molecule has 0 aliphatic heterocycles. The summed E-state index contributed by atoms with van der Waals surface area (Å²) in [6.07, 6.45) is 3.49. The van der Waals surface area contributed by atoms with Crippen LogP contribution in [-0.2, 0) is 17.6 Å². The van der Waals surface area contributed by atoms with Gasteiger partial charge in [0.15, 0.2) is 0 Å². The van der Waals surface area contributed by atoms with Crippen molar-refractivity contribution in [1.82, 2.24) is 0 Å². The van der Waals surface area contributed by atoms with E-state index in [1.807, 2.05) is 26.8 Å². The maximum Gasteiger partial charge on any atom is 0.241 e. The number of nitrogens with two attached hydrogens (primary N) is 1. The van der Waals surface area contributed by atoms with Gasteiger partial charge in [-0.25, -0.2) is 0 Å². The average molecular weight is 246 g/mol. The summed E-state index contributed by atoms with van der Waals surface area (Å²) in [7, 11) is 0. The fourth-order valence-corrected chi connectivity index (χ4v) is 2.26. The molecule has 18 heavy (non-hydrogen) atoms. The van der Waals surface area contributed by atoms with E-state index >= 15 is 0 Å². The molecule has 1 aromatic rings. The molecule has 3 nitrogen and oxygen atoms in total. The Morgan fingerprint density at radius 1 is 1.28 bits per heavy atom. The normalized spacial score (nSPS) is 16.2. The number of carbonyl (C=O) groups excluding carboxylic acids is 1. The molecule has 0 unspecified atom stereocenters. The first-order chi connectivity index (χ1) is 8.38. The highest BCUT2D eigenvalue weighted by molar-refractivity contribution is 5.95. The lowest BCUT2D eigenvalue weighted by Gasteiger charge is -2.25. The first kappa shape index (κ1) is 13.1. The van der Waals surface area contributed by atoms with E-state index in [0.29, 0.717) is 0 Å². The number of hydrogen-bond acceptors (Lipinski definition) is 2. The van der Waals surface area contributed by atoms with Gasteiger partial charge in [-0.3, -0.25) is 4.79 Å². The standard InChI is InChI=1S/C15H22N2O/c1-15(2,3)13(16)14(18)17-12-8-7-10-5-4-6-11(10)9-12/h7-9,13H,4-6,16H2,1-3H3,(H,17,18)/t13-/m0/s1. The molecule has 0 heterocycles. The summed E-state index contributed by atoms with van der Waals surface area (Å²) < 4.78 is 0. The van der Waals surface area contributed by atoms with E-state index in [0.717, 1.165) is 18.5 Å². The summed E-state index contributed by atoms with van der Waals surface area (Å²) in [6, 6.07) is 5.67. The molecule has 0 aromatic heterocycles. The maximum atomic E-state index is 12.0. The Hall–Kier alpha value is -1.35. The fraction of sp³-hybridized carbons (Fsp3) is 0.533. The van der Waals surface area contributed by atoms with E-state index < -0.39 is 6.04 Å². The van der Waals surface area contributed by atoms with Crippen LogP contribution in [0, 0.1) is 5.41 Å². The molecule has 1 amide bonds. The summed E-state index contributed by atoms with van der Waals surface area (Å²) in [4.78, 5) is 12.0. The van der Waals surface area contributed by atoms with E-state index in [9.17, 15) is 4.79 Å². The zero-order chi connectivity index (χ0) is 13.3. The summed E-state index contributed by atoms with van der Waals surface area (Å²) in [5.74, 6) is -0.111. The van der Waals surface area contributed by atoms with Gasteiger partial charge in [0.05, 0.1) is 6.04 Å². The van der Waals surface area contributed by atoms with Gasteiger partial charge in [-0.05, 0) is 47.9 Å². The van der Waals surface area contributed by atoms with Gasteiger partial charge in [0, 0.05) is 5.69 Å². The van der Waals surface area contributed by atoms with Crippen molar-refractivity contribution in [2.45, 2.75) is 46.1 Å². The zero-order valence-corrected chi connectivity index (χ0v) is 11.4. The van der Waals surface area contributed by atoms with Gasteiger partial charge < -0.3 is 11.1 Å². The molecule has 3 heteroatoms. The van der Waals surface area contributed by atoms with Crippen molar-refractivity contribution in [3.05, 3.63) is 29.3 Å². The van der Waals surface area contributed by atoms with Gasteiger partial charge in [-0.15, -0.1) is 0 Å². The van der Waals surface area contributed by atoms with Crippen LogP contribution in [0.4, 0.5) is 5.69 Å². The molecule has 0 radical (unpaired) electrons. The fourth-order valence-electron chi connectivity index (χ4n) is 2.26. The molecule has 0 spiro atoms. The van der Waals surface area contributed by atoms with E-state index in [1.54, 1.807) is 0 Å². The Morgan fingerprint density at radius 3 is 2.61 bits per heavy atom. The van der Waals surface area contributed by atoms with Crippen molar-refractivity contribution in [1.29, 1.82) is 0 Å². The van der Waals surface area contributed by atoms with Gasteiger partial charge in [0.2, 0.25) is 5.91 Å². The van der Waals surface area contributed by atoms with Crippen LogP contribution in [0.25, 0.3) is 0 Å². The van der Waals surface area contributed by atoms with Crippen molar-refractivity contribution < 1.29 is 4.79 Å². The van der Waals surface area contributed by atoms with Crippen molar-refractivity contribution in [2.75, 3.05) is 5.32 Å². The Bertz CT molecular complexity index is 460. The number of anilines is 1. The molecule has 1 aliphatic carbocycles. The first-order valence-electron chi connectivity index (χ1n) is 6.56. The highest BCUT2D eigenvalue weighted by Gasteiger charge is 2.27. The summed E-state index contributed by atoms with van der Waals surface area (Å²) in [6.45, 7) is 5.92. The van der Waals surface area contributed by atoms with Crippen LogP contribution in [0.2, 0.25) is 0 Å². The van der Waals surface area contributed by atoms with Crippen molar-refractivity contribution in [3.8, 4) is 0 Å². The van der Waals surface area contributed by atoms with E-state index in [2.05, 4.69) is 17.4 Å². The van der Waals surface area contributed by atoms with Crippen LogP contribution in [0.5, 0.6) is 0 Å². The van der Waals surface area contributed by atoms with Crippen LogP contribution < -0.4 is 11.1 Å². The molecule has 0 fully saturated rings. The lowest BCUT2D eigenvalue weighted by molar-refractivity contribution is -0.119. The molecule has 98 valence electrons. The van der Waals surface area contributed by atoms with Gasteiger partial charge in [0.1, 0.15) is 0 Å². The minimum absolute atomic E-state index is 0.111. The minimum atomic E-state index is -0.495. The average Bonchev–Trinajstić information content (AvgIpc) is 2.73. The Kier molecular flexibility index (Phi) is 3.44. The number of carbonyl (C=O) groups is 1. The SMILES string of the molecule is CC(C)(C)[C@@H](N)C(=O)Nc1ccc2c(c1)CCC2. The Labute approximate surface area is 109 Å². The highest BCUT2D eigenvalue weighted by atomic mass is 16.2. The number of amides is 1. The van der Waals surface area contributed by atoms with Gasteiger partial charge in [-0.1, -0.05) is 26.8 Å². The number of rotatable bonds is 2. The molecule has 2 rings (SSSR count). The van der Waals surface area contributed by atoms with E-state index in [4.69, 9.17) is 5.73 Å². The summed E-state index contributed by atoms with van der Waals surface area (Å²) in [5.41, 5.74) is 9.35. The Morgan fingerprint density at radius 2 is 1.94 bits per heavy atom. The summed E-state index contributed by atoms with van der Waals surface area (Å²) >= 11 is 0. The second kappa shape index (κ2) is 4.73. The van der Waals surface area contributed by atoms with Gasteiger partial charge >= 0.3 is 0 Å². The van der Waals surface area contributed by atoms with Crippen LogP contribution >= 0.6 is 0 Å². The number of benzene rings is 1. The lowest BCUT2D eigenvalue weighted by Crippen LogP contribution is -2.45. The second-order valence-electron chi connectivity index (χ2n) is 6.17. The van der Waals surface area contributed by atoms with E-state index in [-0.39, 0.29) is 11.3 Å². The number of fused-ring (bicyclic) bond motifs is 1. The predicted molar refractivity (Wildman–Crippen MR) is 74.5 cm³/mol. The highest BCUT2D eigenvalue weighted by Crippen LogP contribution is 2.25. The van der Waals surface area contributed by atoms with Crippen molar-refractivity contribution >= 4 is 11.6 Å². The van der Waals surface area contributed by atoms with Crippen LogP contribution in [0.15, 0.2) is 18.2 Å². The molecular formula is C15H22N2O. The van der Waals surface area contributed by atoms with Crippen molar-refractivity contribution in [3.63, 3.8) is 0 Å². The van der Waals surface area contributed by atoms with Crippen LogP contribution in [-0.4, -0.2) is 11.9 Å². The third kappa shape index (κ3) is 2.72. The molecule has 1 aromatic carbocycles. The molecule has 1 atom stereocenters. The second-order valence-corrected chi connectivity index (χ2v) is 6.17. The monoisotopic (exact) mass is 246 g/mol. The zero-order valence-electron chi connectivity index (χ0n) is 11.4. The number of hydrogen-bond donors (Lipinski definition) is 2. The molecule has 0 saturated heterocycles. The number of aryl methyl sites for hydroxylation is 2. The lowest BCUT2D eigenvalue weighted by atomic mass is 9.87. The molecular weight excluding hydrogens is 224 g/mol. The molecule has 3 N–H and O–H groups in total. The molecule has 1 aliphatic rings. The van der Waals surface area contributed by atoms with Crippen LogP contribution in [0.3, 0.4) is 0 Å². The van der Waals surface area contributed by atoms with Crippen molar-refractivity contribution in [2.24, 2.45) is 11.1 Å². The quantitative estimate of drug-likeness (QED) is 0.842. The van der Waals surface area contributed by atoms with Crippen LogP contribution in [0.1, 0.15) is 38.3 Å². The summed E-state index contributed by atoms with van der Waals surface area (Å²) in [5, 5.41) is 2.91. The smallest absolute Gasteiger partial charge is 0.241 e. The largest absolute Gasteiger partial charge is 0.325 e. The molecule has 0 saturated carbocycles. The minimum Gasteiger partial charge on any atom is -0.325 e. The third-order valence-electron chi connectivity index (χ3n) is 3.58. The Balaban J connectivity index is 2.08. The predicted octanol–water partition coefficient (Wildman–Crippen LogP) is 2.49. The van der Waals surface area contributed by atoms with Gasteiger partial charge in [-0.2, -0.15) is 0 Å². The third-order valence-corrected chi connectivity index (χ3v) is 3.58. The van der Waals surface area contributed by atoms with Gasteiger partial charge in [0.25, 0.3) is 0 Å². The maximum absolute atomic E-state index is 12.0. The first-order valence-corrected chi connectivity index (χ1v) is 6.56. The molecule has 0 bridgehead atoms.